The molecule has 1 saturated carbocycles. The van der Waals surface area contributed by atoms with Crippen LogP contribution in [0.15, 0.2) is 6.20 Å². The van der Waals surface area contributed by atoms with Crippen LogP contribution in [0, 0.1) is 5.92 Å². The molecule has 134 valence electrons. The maximum absolute atomic E-state index is 12.6. The molecular weight excluding hydrogens is 316 g/mol. The average molecular weight is 342 g/mol. The summed E-state index contributed by atoms with van der Waals surface area (Å²) in [5, 5.41) is 0. The van der Waals surface area contributed by atoms with Gasteiger partial charge in [-0.05, 0) is 25.7 Å². The van der Waals surface area contributed by atoms with Crippen LogP contribution in [0.2, 0.25) is 0 Å². The van der Waals surface area contributed by atoms with Crippen molar-refractivity contribution < 1.29 is 9.59 Å². The SMILES string of the molecule is CC(C)c1ncc2c(n1)C1(CCN(C(=O)C3CC3)CC1)CN(C)C2=O. The van der Waals surface area contributed by atoms with Crippen LogP contribution in [0.5, 0.6) is 0 Å². The predicted molar refractivity (Wildman–Crippen MR) is 93.3 cm³/mol. The Morgan fingerprint density at radius 2 is 1.96 bits per heavy atom. The van der Waals surface area contributed by atoms with Crippen LogP contribution in [0.1, 0.15) is 67.3 Å². The third-order valence-electron chi connectivity index (χ3n) is 5.90. The first-order valence-electron chi connectivity index (χ1n) is 9.33. The van der Waals surface area contributed by atoms with E-state index in [2.05, 4.69) is 18.8 Å². The van der Waals surface area contributed by atoms with Crippen molar-refractivity contribution in [2.24, 2.45) is 5.92 Å². The second-order valence-corrected chi connectivity index (χ2v) is 8.19. The maximum Gasteiger partial charge on any atom is 0.257 e. The molecule has 0 radical (unpaired) electrons. The number of hydrogen-bond donors (Lipinski definition) is 0. The number of nitrogens with zero attached hydrogens (tertiary/aromatic N) is 4. The van der Waals surface area contributed by atoms with Gasteiger partial charge in [-0.2, -0.15) is 0 Å². The van der Waals surface area contributed by atoms with Gasteiger partial charge in [-0.25, -0.2) is 9.97 Å². The van der Waals surface area contributed by atoms with E-state index in [-0.39, 0.29) is 23.2 Å². The summed E-state index contributed by atoms with van der Waals surface area (Å²) < 4.78 is 0. The summed E-state index contributed by atoms with van der Waals surface area (Å²) in [6.45, 7) is 6.35. The molecule has 1 aromatic heterocycles. The normalized spacial score (nSPS) is 22.5. The number of likely N-dealkylation sites (N-methyl/N-ethyl adjacent to an activating group) is 1. The van der Waals surface area contributed by atoms with Gasteiger partial charge in [0.15, 0.2) is 0 Å². The molecule has 0 atom stereocenters. The number of carbonyl (C=O) groups is 2. The first kappa shape index (κ1) is 16.5. The Morgan fingerprint density at radius 3 is 2.56 bits per heavy atom. The summed E-state index contributed by atoms with van der Waals surface area (Å²) in [5.41, 5.74) is 1.40. The van der Waals surface area contributed by atoms with Crippen molar-refractivity contribution in [2.45, 2.75) is 50.9 Å². The van der Waals surface area contributed by atoms with E-state index in [4.69, 9.17) is 4.98 Å². The highest BCUT2D eigenvalue weighted by Gasteiger charge is 2.47. The van der Waals surface area contributed by atoms with E-state index in [9.17, 15) is 9.59 Å². The molecule has 6 nitrogen and oxygen atoms in total. The van der Waals surface area contributed by atoms with E-state index in [1.807, 2.05) is 11.9 Å². The third-order valence-corrected chi connectivity index (χ3v) is 5.90. The fourth-order valence-electron chi connectivity index (χ4n) is 4.18. The van der Waals surface area contributed by atoms with Crippen LogP contribution < -0.4 is 0 Å². The van der Waals surface area contributed by atoms with Gasteiger partial charge in [0.05, 0.1) is 11.3 Å². The molecule has 0 N–H and O–H groups in total. The van der Waals surface area contributed by atoms with Gasteiger partial charge in [0.1, 0.15) is 5.82 Å². The second-order valence-electron chi connectivity index (χ2n) is 8.19. The molecule has 3 heterocycles. The zero-order valence-electron chi connectivity index (χ0n) is 15.3. The van der Waals surface area contributed by atoms with Gasteiger partial charge in [0.2, 0.25) is 5.91 Å². The number of aromatic nitrogens is 2. The van der Waals surface area contributed by atoms with Crippen molar-refractivity contribution in [1.82, 2.24) is 19.8 Å². The second kappa shape index (κ2) is 5.78. The molecule has 1 aromatic rings. The zero-order valence-corrected chi connectivity index (χ0v) is 15.3. The minimum Gasteiger partial charge on any atom is -0.342 e. The first-order chi connectivity index (χ1) is 11.9. The molecule has 2 fully saturated rings. The highest BCUT2D eigenvalue weighted by Crippen LogP contribution is 2.41. The Kier molecular flexibility index (Phi) is 3.81. The Hall–Kier alpha value is -1.98. The lowest BCUT2D eigenvalue weighted by atomic mass is 9.71. The lowest BCUT2D eigenvalue weighted by Crippen LogP contribution is -2.54. The molecular formula is C19H26N4O2. The molecule has 1 aliphatic carbocycles. The predicted octanol–water partition coefficient (Wildman–Crippen LogP) is 1.96. The maximum atomic E-state index is 12.6. The lowest BCUT2D eigenvalue weighted by molar-refractivity contribution is -0.134. The summed E-state index contributed by atoms with van der Waals surface area (Å²) in [7, 11) is 1.85. The van der Waals surface area contributed by atoms with Crippen molar-refractivity contribution >= 4 is 11.8 Å². The molecule has 6 heteroatoms. The molecule has 4 rings (SSSR count). The average Bonchev–Trinajstić information content (AvgIpc) is 3.44. The van der Waals surface area contributed by atoms with Gasteiger partial charge in [-0.1, -0.05) is 13.8 Å². The van der Waals surface area contributed by atoms with E-state index in [1.165, 1.54) is 0 Å². The Bertz CT molecular complexity index is 718. The third kappa shape index (κ3) is 2.71. The highest BCUT2D eigenvalue weighted by atomic mass is 16.2. The first-order valence-corrected chi connectivity index (χ1v) is 9.33. The highest BCUT2D eigenvalue weighted by molar-refractivity contribution is 5.96. The molecule has 1 saturated heterocycles. The Morgan fingerprint density at radius 1 is 1.28 bits per heavy atom. The van der Waals surface area contributed by atoms with Crippen LogP contribution in [0.25, 0.3) is 0 Å². The van der Waals surface area contributed by atoms with Crippen LogP contribution >= 0.6 is 0 Å². The van der Waals surface area contributed by atoms with Crippen molar-refractivity contribution in [3.8, 4) is 0 Å². The molecule has 2 aliphatic heterocycles. The monoisotopic (exact) mass is 342 g/mol. The fourth-order valence-corrected chi connectivity index (χ4v) is 4.18. The largest absolute Gasteiger partial charge is 0.342 e. The lowest BCUT2D eigenvalue weighted by Gasteiger charge is -2.46. The fraction of sp³-hybridized carbons (Fsp3) is 0.684. The number of amides is 2. The van der Waals surface area contributed by atoms with Crippen LogP contribution in [-0.4, -0.2) is 58.3 Å². The molecule has 1 spiro atoms. The summed E-state index contributed by atoms with van der Waals surface area (Å²) in [6.07, 6.45) is 5.53. The number of carbonyl (C=O) groups excluding carboxylic acids is 2. The van der Waals surface area contributed by atoms with Gasteiger partial charge in [0.25, 0.3) is 5.91 Å². The summed E-state index contributed by atoms with van der Waals surface area (Å²) >= 11 is 0. The molecule has 0 unspecified atom stereocenters. The van der Waals surface area contributed by atoms with Crippen LogP contribution in [0.3, 0.4) is 0 Å². The van der Waals surface area contributed by atoms with Gasteiger partial charge in [-0.15, -0.1) is 0 Å². The van der Waals surface area contributed by atoms with E-state index >= 15 is 0 Å². The smallest absolute Gasteiger partial charge is 0.257 e. The number of likely N-dealkylation sites (tertiary alicyclic amines) is 1. The molecule has 25 heavy (non-hydrogen) atoms. The van der Waals surface area contributed by atoms with Crippen LogP contribution in [0.4, 0.5) is 0 Å². The summed E-state index contributed by atoms with van der Waals surface area (Å²) in [4.78, 5) is 38.0. The van der Waals surface area contributed by atoms with Crippen molar-refractivity contribution in [2.75, 3.05) is 26.7 Å². The quantitative estimate of drug-likeness (QED) is 0.824. The van der Waals surface area contributed by atoms with E-state index in [0.29, 0.717) is 18.0 Å². The molecule has 2 amide bonds. The number of piperidine rings is 1. The number of rotatable bonds is 2. The minimum absolute atomic E-state index is 0.00687. The van der Waals surface area contributed by atoms with E-state index < -0.39 is 0 Å². The summed E-state index contributed by atoms with van der Waals surface area (Å²) in [6, 6.07) is 0. The Balaban J connectivity index is 1.66. The zero-order chi connectivity index (χ0) is 17.8. The molecule has 0 bridgehead atoms. The van der Waals surface area contributed by atoms with Crippen molar-refractivity contribution in [3.05, 3.63) is 23.3 Å². The van der Waals surface area contributed by atoms with Gasteiger partial charge >= 0.3 is 0 Å². The number of fused-ring (bicyclic) bond motifs is 2. The molecule has 3 aliphatic rings. The summed E-state index contributed by atoms with van der Waals surface area (Å²) in [5.74, 6) is 1.63. The van der Waals surface area contributed by atoms with Crippen LogP contribution in [-0.2, 0) is 10.2 Å². The van der Waals surface area contributed by atoms with E-state index in [1.54, 1.807) is 11.1 Å². The number of hydrogen-bond acceptors (Lipinski definition) is 4. The Labute approximate surface area is 148 Å². The van der Waals surface area contributed by atoms with E-state index in [0.717, 1.165) is 50.3 Å². The minimum atomic E-state index is -0.148. The van der Waals surface area contributed by atoms with Crippen molar-refractivity contribution in [3.63, 3.8) is 0 Å². The van der Waals surface area contributed by atoms with Gasteiger partial charge in [-0.3, -0.25) is 9.59 Å². The van der Waals surface area contributed by atoms with Gasteiger partial charge < -0.3 is 9.80 Å². The standard InChI is InChI=1S/C19H26N4O2/c1-12(2)16-20-10-14-15(21-16)19(11-22(3)18(14)25)6-8-23(9-7-19)17(24)13-4-5-13/h10,12-13H,4-9,11H2,1-3H3. The molecule has 0 aromatic carbocycles. The topological polar surface area (TPSA) is 66.4 Å². The van der Waals surface area contributed by atoms with Crippen molar-refractivity contribution in [1.29, 1.82) is 0 Å². The van der Waals surface area contributed by atoms with Gasteiger partial charge in [0, 0.05) is 50.1 Å².